The Balaban J connectivity index is 1.33. The van der Waals surface area contributed by atoms with Gasteiger partial charge in [-0.15, -0.1) is 0 Å². The van der Waals surface area contributed by atoms with Crippen LogP contribution in [0.2, 0.25) is 0 Å². The first-order valence-electron chi connectivity index (χ1n) is 10.3. The summed E-state index contributed by atoms with van der Waals surface area (Å²) in [5, 5.41) is 2.82. The Morgan fingerprint density at radius 2 is 1.71 bits per heavy atom. The molecule has 28 heavy (non-hydrogen) atoms. The smallest absolute Gasteiger partial charge is 0.409 e. The summed E-state index contributed by atoms with van der Waals surface area (Å²) < 4.78 is 10.7. The third kappa shape index (κ3) is 5.86. The van der Waals surface area contributed by atoms with E-state index in [1.807, 2.05) is 37.3 Å². The molecule has 0 unspecified atom stereocenters. The Labute approximate surface area is 167 Å². The van der Waals surface area contributed by atoms with Gasteiger partial charge in [0.25, 0.3) is 0 Å². The fourth-order valence-corrected chi connectivity index (χ4v) is 3.95. The normalized spacial score (nSPS) is 19.2. The summed E-state index contributed by atoms with van der Waals surface area (Å²) in [5.74, 6) is 0. The van der Waals surface area contributed by atoms with Gasteiger partial charge in [-0.3, -0.25) is 4.90 Å². The van der Waals surface area contributed by atoms with E-state index in [1.165, 1.54) is 0 Å². The Bertz CT molecular complexity index is 624. The highest BCUT2D eigenvalue weighted by atomic mass is 16.6. The Morgan fingerprint density at radius 3 is 2.36 bits per heavy atom. The summed E-state index contributed by atoms with van der Waals surface area (Å²) in [7, 11) is 0. The minimum Gasteiger partial charge on any atom is -0.450 e. The highest BCUT2D eigenvalue weighted by molar-refractivity contribution is 5.68. The van der Waals surface area contributed by atoms with Gasteiger partial charge in [-0.05, 0) is 38.2 Å². The molecule has 2 saturated heterocycles. The summed E-state index contributed by atoms with van der Waals surface area (Å²) in [6.07, 6.45) is 3.10. The highest BCUT2D eigenvalue weighted by Crippen LogP contribution is 2.22. The molecule has 2 amide bonds. The Hall–Kier alpha value is -2.28. The van der Waals surface area contributed by atoms with Crippen LogP contribution in [-0.2, 0) is 16.0 Å². The fourth-order valence-electron chi connectivity index (χ4n) is 3.95. The van der Waals surface area contributed by atoms with Gasteiger partial charge in [0.1, 0.15) is 6.10 Å². The molecule has 7 heteroatoms. The van der Waals surface area contributed by atoms with E-state index in [-0.39, 0.29) is 18.3 Å². The maximum absolute atomic E-state index is 12.0. The number of hydrogen-bond donors (Lipinski definition) is 1. The molecule has 7 nitrogen and oxygen atoms in total. The van der Waals surface area contributed by atoms with E-state index in [4.69, 9.17) is 9.47 Å². The van der Waals surface area contributed by atoms with Crippen LogP contribution in [0.25, 0.3) is 0 Å². The zero-order valence-corrected chi connectivity index (χ0v) is 16.6. The molecule has 0 aromatic heterocycles. The third-order valence-electron chi connectivity index (χ3n) is 5.54. The molecule has 0 radical (unpaired) electrons. The Kier molecular flexibility index (Phi) is 7.54. The number of benzene rings is 1. The molecule has 2 aliphatic rings. The van der Waals surface area contributed by atoms with Gasteiger partial charge in [0.2, 0.25) is 0 Å². The van der Waals surface area contributed by atoms with Crippen LogP contribution < -0.4 is 5.32 Å². The van der Waals surface area contributed by atoms with Crippen LogP contribution in [0.15, 0.2) is 30.3 Å². The van der Waals surface area contributed by atoms with Crippen LogP contribution in [0.4, 0.5) is 9.59 Å². The zero-order valence-electron chi connectivity index (χ0n) is 16.6. The molecule has 2 aliphatic heterocycles. The quantitative estimate of drug-likeness (QED) is 0.838. The SMILES string of the molecule is CCOC(=O)N1CCC(N2CCC(OC(=O)NCc3ccccc3)CC2)CC1. The predicted molar refractivity (Wildman–Crippen MR) is 106 cm³/mol. The van der Waals surface area contributed by atoms with E-state index in [9.17, 15) is 9.59 Å². The lowest BCUT2D eigenvalue weighted by Crippen LogP contribution is -2.50. The van der Waals surface area contributed by atoms with Gasteiger partial charge in [0, 0.05) is 38.8 Å². The summed E-state index contributed by atoms with van der Waals surface area (Å²) in [6, 6.07) is 10.3. The number of hydrogen-bond acceptors (Lipinski definition) is 5. The van der Waals surface area contributed by atoms with Crippen molar-refractivity contribution in [3.05, 3.63) is 35.9 Å². The van der Waals surface area contributed by atoms with E-state index in [1.54, 1.807) is 4.90 Å². The number of alkyl carbamates (subject to hydrolysis) is 1. The predicted octanol–water partition coefficient (Wildman–Crippen LogP) is 3.00. The first-order chi connectivity index (χ1) is 13.7. The number of amides is 2. The summed E-state index contributed by atoms with van der Waals surface area (Å²) in [6.45, 7) is 6.10. The molecular weight excluding hydrogens is 358 g/mol. The zero-order chi connectivity index (χ0) is 19.8. The van der Waals surface area contributed by atoms with Crippen molar-refractivity contribution in [1.82, 2.24) is 15.1 Å². The second-order valence-electron chi connectivity index (χ2n) is 7.40. The molecule has 154 valence electrons. The number of nitrogens with zero attached hydrogens (tertiary/aromatic N) is 2. The summed E-state index contributed by atoms with van der Waals surface area (Å²) in [4.78, 5) is 28.1. The molecule has 1 aromatic rings. The van der Waals surface area contributed by atoms with Gasteiger partial charge in [0.05, 0.1) is 6.61 Å². The molecule has 0 bridgehead atoms. The minimum absolute atomic E-state index is 0.0216. The molecule has 0 spiro atoms. The van der Waals surface area contributed by atoms with Gasteiger partial charge < -0.3 is 19.7 Å². The van der Waals surface area contributed by atoms with Crippen LogP contribution >= 0.6 is 0 Å². The first-order valence-corrected chi connectivity index (χ1v) is 10.3. The molecule has 0 saturated carbocycles. The van der Waals surface area contributed by atoms with Crippen LogP contribution in [-0.4, -0.2) is 66.9 Å². The number of likely N-dealkylation sites (tertiary alicyclic amines) is 2. The van der Waals surface area contributed by atoms with E-state index >= 15 is 0 Å². The molecule has 3 rings (SSSR count). The van der Waals surface area contributed by atoms with Gasteiger partial charge in [-0.1, -0.05) is 30.3 Å². The van der Waals surface area contributed by atoms with E-state index in [0.29, 0.717) is 19.2 Å². The standard InChI is InChI=1S/C21H31N3O4/c1-2-27-21(26)24-12-8-18(9-13-24)23-14-10-19(11-15-23)28-20(25)22-16-17-6-4-3-5-7-17/h3-7,18-19H,2,8-16H2,1H3,(H,22,25). The van der Waals surface area contributed by atoms with Crippen molar-refractivity contribution in [3.8, 4) is 0 Å². The van der Waals surface area contributed by atoms with E-state index in [2.05, 4.69) is 10.2 Å². The molecule has 1 N–H and O–H groups in total. The second-order valence-corrected chi connectivity index (χ2v) is 7.40. The van der Waals surface area contributed by atoms with Crippen LogP contribution in [0.1, 0.15) is 38.2 Å². The number of ether oxygens (including phenoxy) is 2. The maximum atomic E-state index is 12.0. The van der Waals surface area contributed by atoms with Crippen LogP contribution in [0, 0.1) is 0 Å². The van der Waals surface area contributed by atoms with Gasteiger partial charge in [-0.25, -0.2) is 9.59 Å². The maximum Gasteiger partial charge on any atom is 0.409 e. The van der Waals surface area contributed by atoms with Crippen LogP contribution in [0.3, 0.4) is 0 Å². The minimum atomic E-state index is -0.343. The topological polar surface area (TPSA) is 71.1 Å². The second kappa shape index (κ2) is 10.3. The summed E-state index contributed by atoms with van der Waals surface area (Å²) >= 11 is 0. The summed E-state index contributed by atoms with van der Waals surface area (Å²) in [5.41, 5.74) is 1.06. The number of carbonyl (C=O) groups excluding carboxylic acids is 2. The van der Waals surface area contributed by atoms with Crippen molar-refractivity contribution in [2.24, 2.45) is 0 Å². The van der Waals surface area contributed by atoms with Gasteiger partial charge in [-0.2, -0.15) is 0 Å². The number of rotatable bonds is 5. The van der Waals surface area contributed by atoms with Crippen molar-refractivity contribution in [1.29, 1.82) is 0 Å². The number of piperidine rings is 2. The first kappa shape index (κ1) is 20.5. The van der Waals surface area contributed by atoms with Crippen LogP contribution in [0.5, 0.6) is 0 Å². The monoisotopic (exact) mass is 389 g/mol. The van der Waals surface area contributed by atoms with Crippen molar-refractivity contribution >= 4 is 12.2 Å². The lowest BCUT2D eigenvalue weighted by Gasteiger charge is -2.41. The van der Waals surface area contributed by atoms with E-state index < -0.39 is 0 Å². The van der Waals surface area contributed by atoms with Crippen molar-refractivity contribution < 1.29 is 19.1 Å². The van der Waals surface area contributed by atoms with Crippen molar-refractivity contribution in [2.45, 2.75) is 51.3 Å². The molecule has 0 aliphatic carbocycles. The largest absolute Gasteiger partial charge is 0.450 e. The Morgan fingerprint density at radius 1 is 1.04 bits per heavy atom. The third-order valence-corrected chi connectivity index (χ3v) is 5.54. The fraction of sp³-hybridized carbons (Fsp3) is 0.619. The van der Waals surface area contributed by atoms with Gasteiger partial charge in [0.15, 0.2) is 0 Å². The van der Waals surface area contributed by atoms with Crippen molar-refractivity contribution in [3.63, 3.8) is 0 Å². The van der Waals surface area contributed by atoms with E-state index in [0.717, 1.165) is 57.4 Å². The lowest BCUT2D eigenvalue weighted by atomic mass is 9.99. The molecule has 2 heterocycles. The molecule has 0 atom stereocenters. The molecule has 1 aromatic carbocycles. The lowest BCUT2D eigenvalue weighted by molar-refractivity contribution is 0.0228. The number of nitrogens with one attached hydrogen (secondary N) is 1. The average Bonchev–Trinajstić information content (AvgIpc) is 2.74. The molecule has 2 fully saturated rings. The van der Waals surface area contributed by atoms with Gasteiger partial charge >= 0.3 is 12.2 Å². The van der Waals surface area contributed by atoms with Crippen molar-refractivity contribution in [2.75, 3.05) is 32.8 Å². The highest BCUT2D eigenvalue weighted by Gasteiger charge is 2.31. The number of carbonyl (C=O) groups is 2. The molecular formula is C21H31N3O4. The average molecular weight is 389 g/mol.